The highest BCUT2D eigenvalue weighted by Crippen LogP contribution is 2.28. The quantitative estimate of drug-likeness (QED) is 0.546. The third-order valence-corrected chi connectivity index (χ3v) is 1.72. The Kier molecular flexibility index (Phi) is 3.58. The average molecular weight is 245 g/mol. The minimum Gasteiger partial charge on any atom is -0.459 e. The molecule has 0 bridgehead atoms. The molecular formula is C10H6F3NO3. The zero-order valence-corrected chi connectivity index (χ0v) is 8.51. The maximum absolute atomic E-state index is 12.3. The van der Waals surface area contributed by atoms with Crippen molar-refractivity contribution in [3.63, 3.8) is 0 Å². The molecule has 0 aliphatic heterocycles. The monoisotopic (exact) mass is 245 g/mol. The van der Waals surface area contributed by atoms with E-state index in [1.807, 2.05) is 16.8 Å². The van der Waals surface area contributed by atoms with Crippen LogP contribution >= 0.6 is 0 Å². The van der Waals surface area contributed by atoms with Crippen molar-refractivity contribution in [3.05, 3.63) is 33.7 Å². The van der Waals surface area contributed by atoms with Crippen LogP contribution in [0.1, 0.15) is 11.1 Å². The van der Waals surface area contributed by atoms with Crippen LogP contribution in [0.25, 0.3) is 0 Å². The Morgan fingerprint density at radius 2 is 2.12 bits per heavy atom. The van der Waals surface area contributed by atoms with E-state index in [-0.39, 0.29) is 0 Å². The Balaban J connectivity index is 3.20. The molecule has 0 amide bonds. The molecule has 0 fully saturated rings. The zero-order valence-electron chi connectivity index (χ0n) is 8.51. The van der Waals surface area contributed by atoms with Crippen molar-refractivity contribution in [1.82, 2.24) is 4.98 Å². The van der Waals surface area contributed by atoms with Crippen LogP contribution in [0.5, 0.6) is 0 Å². The minimum absolute atomic E-state index is 0.453. The molecule has 90 valence electrons. The van der Waals surface area contributed by atoms with Gasteiger partial charge in [0.15, 0.2) is 0 Å². The minimum atomic E-state index is -4.59. The number of H-pyrrole nitrogens is 1. The van der Waals surface area contributed by atoms with Gasteiger partial charge in [-0.1, -0.05) is 0 Å². The Morgan fingerprint density at radius 1 is 1.47 bits per heavy atom. The van der Waals surface area contributed by atoms with Gasteiger partial charge in [-0.25, -0.2) is 4.79 Å². The number of rotatable bonds is 0. The second kappa shape index (κ2) is 4.74. The maximum atomic E-state index is 12.3. The number of aromatic nitrogens is 1. The Labute approximate surface area is 93.4 Å². The molecule has 0 radical (unpaired) electrons. The molecule has 0 aliphatic rings. The predicted octanol–water partition coefficient (Wildman–Crippen LogP) is 0.918. The summed E-state index contributed by atoms with van der Waals surface area (Å²) in [5.74, 6) is 2.93. The molecule has 1 heterocycles. The summed E-state index contributed by atoms with van der Waals surface area (Å²) in [4.78, 5) is 23.7. The average Bonchev–Trinajstić information content (AvgIpc) is 2.26. The Hall–Kier alpha value is -2.23. The van der Waals surface area contributed by atoms with Crippen molar-refractivity contribution in [2.75, 3.05) is 7.11 Å². The van der Waals surface area contributed by atoms with Crippen molar-refractivity contribution in [2.24, 2.45) is 0 Å². The van der Waals surface area contributed by atoms with Crippen LogP contribution in [0.15, 0.2) is 17.1 Å². The number of alkyl halides is 3. The summed E-state index contributed by atoms with van der Waals surface area (Å²) in [6.07, 6.45) is -4.06. The second-order valence-corrected chi connectivity index (χ2v) is 2.87. The molecule has 1 rings (SSSR count). The standard InChI is InChI=1S/C10H6F3NO3/c1-17-8(15)3-2-6-4-7(10(11,12)13)5-14-9(6)16/h4-5H,1H3,(H,14,16). The van der Waals surface area contributed by atoms with Crippen LogP contribution in [0.4, 0.5) is 13.2 Å². The van der Waals surface area contributed by atoms with Gasteiger partial charge < -0.3 is 9.72 Å². The van der Waals surface area contributed by atoms with Crippen molar-refractivity contribution < 1.29 is 22.7 Å². The third kappa shape index (κ3) is 3.38. The molecule has 4 nitrogen and oxygen atoms in total. The lowest BCUT2D eigenvalue weighted by Crippen LogP contribution is -2.15. The van der Waals surface area contributed by atoms with Crippen LogP contribution in [0, 0.1) is 11.8 Å². The number of ether oxygens (including phenoxy) is 1. The summed E-state index contributed by atoms with van der Waals surface area (Å²) in [6, 6.07) is 0.564. The molecular weight excluding hydrogens is 239 g/mol. The summed E-state index contributed by atoms with van der Waals surface area (Å²) >= 11 is 0. The molecule has 17 heavy (non-hydrogen) atoms. The largest absolute Gasteiger partial charge is 0.459 e. The van der Waals surface area contributed by atoms with E-state index in [4.69, 9.17) is 0 Å². The van der Waals surface area contributed by atoms with E-state index >= 15 is 0 Å². The molecule has 0 spiro atoms. The smallest absolute Gasteiger partial charge is 0.417 e. The number of esters is 1. The van der Waals surface area contributed by atoms with E-state index in [9.17, 15) is 22.8 Å². The summed E-state index contributed by atoms with van der Waals surface area (Å²) in [5, 5.41) is 0. The van der Waals surface area contributed by atoms with Crippen LogP contribution in [-0.2, 0) is 15.7 Å². The fourth-order valence-corrected chi connectivity index (χ4v) is 0.910. The number of carbonyl (C=O) groups excluding carboxylic acids is 1. The lowest BCUT2D eigenvalue weighted by molar-refractivity contribution is -0.138. The van der Waals surface area contributed by atoms with Gasteiger partial charge in [-0.15, -0.1) is 0 Å². The SMILES string of the molecule is COC(=O)C#Cc1cc(C(F)(F)F)c[nH]c1=O. The van der Waals surface area contributed by atoms with Gasteiger partial charge in [0.05, 0.1) is 18.2 Å². The van der Waals surface area contributed by atoms with Crippen molar-refractivity contribution in [2.45, 2.75) is 6.18 Å². The molecule has 0 saturated carbocycles. The molecule has 0 unspecified atom stereocenters. The topological polar surface area (TPSA) is 59.2 Å². The molecule has 1 aromatic rings. The lowest BCUT2D eigenvalue weighted by Gasteiger charge is -2.05. The fraction of sp³-hybridized carbons (Fsp3) is 0.200. The highest BCUT2D eigenvalue weighted by Gasteiger charge is 2.31. The second-order valence-electron chi connectivity index (χ2n) is 2.87. The van der Waals surface area contributed by atoms with E-state index in [1.165, 1.54) is 0 Å². The Morgan fingerprint density at radius 3 is 2.65 bits per heavy atom. The summed E-state index contributed by atoms with van der Waals surface area (Å²) in [6.45, 7) is 0. The number of hydrogen-bond acceptors (Lipinski definition) is 3. The van der Waals surface area contributed by atoms with E-state index < -0.39 is 28.8 Å². The summed E-state index contributed by atoms with van der Waals surface area (Å²) in [7, 11) is 1.06. The number of pyridine rings is 1. The maximum Gasteiger partial charge on any atom is 0.417 e. The van der Waals surface area contributed by atoms with Gasteiger partial charge >= 0.3 is 12.1 Å². The van der Waals surface area contributed by atoms with E-state index in [0.29, 0.717) is 12.3 Å². The van der Waals surface area contributed by atoms with E-state index in [0.717, 1.165) is 7.11 Å². The summed E-state index contributed by atoms with van der Waals surface area (Å²) in [5.41, 5.74) is -2.31. The fourth-order valence-electron chi connectivity index (χ4n) is 0.910. The highest BCUT2D eigenvalue weighted by atomic mass is 19.4. The molecule has 0 saturated heterocycles. The van der Waals surface area contributed by atoms with Gasteiger partial charge in [0, 0.05) is 12.1 Å². The van der Waals surface area contributed by atoms with Gasteiger partial charge in [-0.2, -0.15) is 13.2 Å². The van der Waals surface area contributed by atoms with Crippen LogP contribution in [-0.4, -0.2) is 18.1 Å². The van der Waals surface area contributed by atoms with Crippen molar-refractivity contribution in [3.8, 4) is 11.8 Å². The van der Waals surface area contributed by atoms with E-state index in [1.54, 1.807) is 0 Å². The molecule has 1 aromatic heterocycles. The van der Waals surface area contributed by atoms with Gasteiger partial charge in [-0.3, -0.25) is 4.79 Å². The molecule has 1 N–H and O–H groups in total. The first-order valence-electron chi connectivity index (χ1n) is 4.24. The third-order valence-electron chi connectivity index (χ3n) is 1.72. The van der Waals surface area contributed by atoms with Gasteiger partial charge in [0.25, 0.3) is 5.56 Å². The highest BCUT2D eigenvalue weighted by molar-refractivity contribution is 5.88. The van der Waals surface area contributed by atoms with Crippen molar-refractivity contribution >= 4 is 5.97 Å². The number of nitrogens with one attached hydrogen (secondary N) is 1. The number of aromatic amines is 1. The first kappa shape index (κ1) is 12.8. The van der Waals surface area contributed by atoms with Crippen LogP contribution < -0.4 is 5.56 Å². The first-order chi connectivity index (χ1) is 7.84. The Bertz CT molecular complexity index is 548. The molecule has 0 aromatic carbocycles. The summed E-state index contributed by atoms with van der Waals surface area (Å²) < 4.78 is 41.1. The number of halogens is 3. The molecule has 0 aliphatic carbocycles. The zero-order chi connectivity index (χ0) is 13.1. The molecule has 0 atom stereocenters. The normalized spacial score (nSPS) is 10.4. The first-order valence-corrected chi connectivity index (χ1v) is 4.24. The van der Waals surface area contributed by atoms with Crippen LogP contribution in [0.2, 0.25) is 0 Å². The number of carbonyl (C=O) groups is 1. The number of methoxy groups -OCH3 is 1. The predicted molar refractivity (Wildman–Crippen MR) is 51.0 cm³/mol. The lowest BCUT2D eigenvalue weighted by atomic mass is 10.2. The van der Waals surface area contributed by atoms with Gasteiger partial charge in [-0.05, 0) is 12.0 Å². The van der Waals surface area contributed by atoms with Gasteiger partial charge in [0.2, 0.25) is 0 Å². The van der Waals surface area contributed by atoms with Crippen molar-refractivity contribution in [1.29, 1.82) is 0 Å². The van der Waals surface area contributed by atoms with E-state index in [2.05, 4.69) is 4.74 Å². The number of hydrogen-bond donors (Lipinski definition) is 1. The van der Waals surface area contributed by atoms with Gasteiger partial charge in [0.1, 0.15) is 0 Å². The van der Waals surface area contributed by atoms with Crippen LogP contribution in [0.3, 0.4) is 0 Å². The molecule has 7 heteroatoms.